The first-order chi connectivity index (χ1) is 15.6. The van der Waals surface area contributed by atoms with Crippen molar-refractivity contribution in [1.82, 2.24) is 0 Å². The minimum absolute atomic E-state index is 0.274. The van der Waals surface area contributed by atoms with E-state index in [0.29, 0.717) is 29.9 Å². The molecule has 182 valence electrons. The van der Waals surface area contributed by atoms with E-state index in [-0.39, 0.29) is 5.82 Å². The fraction of sp³-hybridized carbons (Fsp3) is 0.556. The molecule has 1 aliphatic carbocycles. The molecule has 0 aromatic heterocycles. The Bertz CT molecular complexity index is 900. The predicted molar refractivity (Wildman–Crippen MR) is 120 cm³/mol. The first-order valence-electron chi connectivity index (χ1n) is 12.0. The van der Waals surface area contributed by atoms with E-state index in [9.17, 15) is 22.0 Å². The Hall–Kier alpha value is -2.11. The molecule has 0 saturated heterocycles. The minimum atomic E-state index is -4.94. The maximum atomic E-state index is 14.7. The van der Waals surface area contributed by atoms with Crippen molar-refractivity contribution in [3.05, 3.63) is 64.7 Å². The third-order valence-electron chi connectivity index (χ3n) is 7.06. The van der Waals surface area contributed by atoms with Crippen molar-refractivity contribution in [2.24, 2.45) is 11.8 Å². The van der Waals surface area contributed by atoms with Crippen LogP contribution in [0.25, 0.3) is 0 Å². The van der Waals surface area contributed by atoms with Gasteiger partial charge in [-0.25, -0.2) is 8.78 Å². The summed E-state index contributed by atoms with van der Waals surface area (Å²) in [6, 6.07) is 8.74. The van der Waals surface area contributed by atoms with Gasteiger partial charge in [-0.1, -0.05) is 51.3 Å². The van der Waals surface area contributed by atoms with Gasteiger partial charge in [-0.3, -0.25) is 0 Å². The highest BCUT2D eigenvalue weighted by molar-refractivity contribution is 5.32. The van der Waals surface area contributed by atoms with E-state index in [2.05, 4.69) is 18.6 Å². The second kappa shape index (κ2) is 11.3. The average molecular weight is 469 g/mol. The fourth-order valence-electron chi connectivity index (χ4n) is 4.72. The van der Waals surface area contributed by atoms with Crippen LogP contribution in [-0.2, 0) is 12.8 Å². The highest BCUT2D eigenvalue weighted by Crippen LogP contribution is 2.38. The van der Waals surface area contributed by atoms with Crippen LogP contribution in [0.3, 0.4) is 0 Å². The Labute approximate surface area is 193 Å². The van der Waals surface area contributed by atoms with E-state index >= 15 is 0 Å². The highest BCUT2D eigenvalue weighted by atomic mass is 19.4. The van der Waals surface area contributed by atoms with E-state index in [1.165, 1.54) is 38.2 Å². The number of rotatable bonds is 9. The molecule has 0 radical (unpaired) electrons. The topological polar surface area (TPSA) is 9.23 Å². The van der Waals surface area contributed by atoms with Crippen molar-refractivity contribution >= 4 is 0 Å². The van der Waals surface area contributed by atoms with Crippen LogP contribution in [0.5, 0.6) is 5.75 Å². The molecule has 3 rings (SSSR count). The van der Waals surface area contributed by atoms with Gasteiger partial charge in [-0.2, -0.15) is 0 Å². The van der Waals surface area contributed by atoms with Gasteiger partial charge in [0.15, 0.2) is 11.6 Å². The molecule has 1 fully saturated rings. The molecule has 2 aromatic carbocycles. The van der Waals surface area contributed by atoms with Gasteiger partial charge >= 0.3 is 6.36 Å². The Kier molecular flexibility index (Phi) is 8.77. The molecule has 33 heavy (non-hydrogen) atoms. The van der Waals surface area contributed by atoms with Crippen LogP contribution in [0.2, 0.25) is 0 Å². The molecule has 0 heterocycles. The van der Waals surface area contributed by atoms with Crippen LogP contribution < -0.4 is 4.74 Å². The first-order valence-corrected chi connectivity index (χ1v) is 12.0. The molecule has 1 atom stereocenters. The lowest BCUT2D eigenvalue weighted by Crippen LogP contribution is -2.18. The molecule has 0 amide bonds. The number of ether oxygens (including phenoxy) is 1. The van der Waals surface area contributed by atoms with E-state index in [1.54, 1.807) is 12.1 Å². The summed E-state index contributed by atoms with van der Waals surface area (Å²) in [5, 5.41) is 0. The second-order valence-electron chi connectivity index (χ2n) is 9.47. The van der Waals surface area contributed by atoms with E-state index in [1.807, 2.05) is 6.07 Å². The van der Waals surface area contributed by atoms with Gasteiger partial charge in [0.1, 0.15) is 5.82 Å². The lowest BCUT2D eigenvalue weighted by molar-refractivity contribution is -0.275. The van der Waals surface area contributed by atoms with Crippen molar-refractivity contribution in [1.29, 1.82) is 0 Å². The zero-order chi connectivity index (χ0) is 24.0. The molecule has 1 aliphatic rings. The summed E-state index contributed by atoms with van der Waals surface area (Å²) < 4.78 is 69.1. The normalized spacial score (nSPS) is 20.0. The van der Waals surface area contributed by atoms with Gasteiger partial charge in [0.25, 0.3) is 0 Å². The zero-order valence-corrected chi connectivity index (χ0v) is 19.4. The standard InChI is InChI=1S/C27H33F5O/c1-3-18(2)4-5-19-6-10-21(11-7-19)23-14-13-22(24(28)17-23)12-8-20-9-15-26(25(29)16-20)33-27(30,31)32/h9,13-19,21H,3-8,10-12H2,1-2H3. The average Bonchev–Trinajstić information content (AvgIpc) is 2.77. The maximum absolute atomic E-state index is 14.7. The van der Waals surface area contributed by atoms with Gasteiger partial charge in [-0.15, -0.1) is 13.2 Å². The van der Waals surface area contributed by atoms with E-state index in [4.69, 9.17) is 0 Å². The van der Waals surface area contributed by atoms with E-state index < -0.39 is 17.9 Å². The highest BCUT2D eigenvalue weighted by Gasteiger charge is 2.32. The third kappa shape index (κ3) is 7.72. The summed E-state index contributed by atoms with van der Waals surface area (Å²) in [5.41, 5.74) is 2.05. The number of hydrogen-bond acceptors (Lipinski definition) is 1. The molecule has 1 saturated carbocycles. The summed E-state index contributed by atoms with van der Waals surface area (Å²) in [4.78, 5) is 0. The van der Waals surface area contributed by atoms with Crippen LogP contribution in [0.4, 0.5) is 22.0 Å². The molecule has 6 heteroatoms. The van der Waals surface area contributed by atoms with Crippen molar-refractivity contribution in [2.75, 3.05) is 0 Å². The Morgan fingerprint density at radius 1 is 0.939 bits per heavy atom. The van der Waals surface area contributed by atoms with Gasteiger partial charge in [0.2, 0.25) is 0 Å². The molecular formula is C27H33F5O. The third-order valence-corrected chi connectivity index (χ3v) is 7.06. The molecule has 0 bridgehead atoms. The van der Waals surface area contributed by atoms with Gasteiger partial charge in [0.05, 0.1) is 0 Å². The van der Waals surface area contributed by atoms with Gasteiger partial charge in [0, 0.05) is 0 Å². The van der Waals surface area contributed by atoms with Crippen molar-refractivity contribution in [3.63, 3.8) is 0 Å². The number of alkyl halides is 3. The minimum Gasteiger partial charge on any atom is -0.403 e. The molecule has 2 aromatic rings. The van der Waals surface area contributed by atoms with Crippen molar-refractivity contribution in [3.8, 4) is 5.75 Å². The van der Waals surface area contributed by atoms with E-state index in [0.717, 1.165) is 42.4 Å². The second-order valence-corrected chi connectivity index (χ2v) is 9.47. The molecular weight excluding hydrogens is 435 g/mol. The van der Waals surface area contributed by atoms with Crippen LogP contribution in [0.15, 0.2) is 36.4 Å². The van der Waals surface area contributed by atoms with Crippen molar-refractivity contribution < 1.29 is 26.7 Å². The number of aryl methyl sites for hydroxylation is 2. The summed E-state index contributed by atoms with van der Waals surface area (Å²) in [7, 11) is 0. The predicted octanol–water partition coefficient (Wildman–Crippen LogP) is 8.75. The number of hydrogen-bond donors (Lipinski definition) is 0. The quantitative estimate of drug-likeness (QED) is 0.334. The monoisotopic (exact) mass is 468 g/mol. The number of benzene rings is 2. The summed E-state index contributed by atoms with van der Waals surface area (Å²) in [6.45, 7) is 4.55. The van der Waals surface area contributed by atoms with Crippen molar-refractivity contribution in [2.45, 2.75) is 83.9 Å². The molecule has 0 spiro atoms. The van der Waals surface area contributed by atoms with Gasteiger partial charge in [-0.05, 0) is 91.2 Å². The van der Waals surface area contributed by atoms with Gasteiger partial charge < -0.3 is 4.74 Å². The van der Waals surface area contributed by atoms with Crippen LogP contribution in [0, 0.1) is 23.5 Å². The summed E-state index contributed by atoms with van der Waals surface area (Å²) >= 11 is 0. The Morgan fingerprint density at radius 3 is 2.27 bits per heavy atom. The molecule has 1 nitrogen and oxygen atoms in total. The maximum Gasteiger partial charge on any atom is 0.573 e. The molecule has 0 N–H and O–H groups in total. The molecule has 0 aliphatic heterocycles. The number of halogens is 5. The summed E-state index contributed by atoms with van der Waals surface area (Å²) in [5.74, 6) is -0.260. The first kappa shape index (κ1) is 25.5. The van der Waals surface area contributed by atoms with Crippen LogP contribution in [0.1, 0.15) is 81.4 Å². The largest absolute Gasteiger partial charge is 0.573 e. The molecule has 1 unspecified atom stereocenters. The van der Waals surface area contributed by atoms with Crippen LogP contribution in [-0.4, -0.2) is 6.36 Å². The fourth-order valence-corrected chi connectivity index (χ4v) is 4.72. The SMILES string of the molecule is CCC(C)CCC1CCC(c2ccc(CCc3ccc(OC(F)(F)F)c(F)c3)c(F)c2)CC1. The lowest BCUT2D eigenvalue weighted by atomic mass is 9.76. The Balaban J connectivity index is 1.52. The Morgan fingerprint density at radius 2 is 1.67 bits per heavy atom. The lowest BCUT2D eigenvalue weighted by Gasteiger charge is -2.29. The zero-order valence-electron chi connectivity index (χ0n) is 19.4. The smallest absolute Gasteiger partial charge is 0.403 e. The summed E-state index contributed by atoms with van der Waals surface area (Å²) in [6.07, 6.45) is 4.11. The van der Waals surface area contributed by atoms with Crippen LogP contribution >= 0.6 is 0 Å².